The maximum Gasteiger partial charge on any atom is 0.188 e. The van der Waals surface area contributed by atoms with E-state index in [0.717, 1.165) is 0 Å². The molecular formula is C8H7BrClFO2. The van der Waals surface area contributed by atoms with Crippen molar-refractivity contribution >= 4 is 27.5 Å². The van der Waals surface area contributed by atoms with E-state index < -0.39 is 5.82 Å². The fraction of sp³-hybridized carbons (Fsp3) is 0.250. The summed E-state index contributed by atoms with van der Waals surface area (Å²) in [7, 11) is 1.45. The summed E-state index contributed by atoms with van der Waals surface area (Å²) in [4.78, 5) is 0. The summed E-state index contributed by atoms with van der Waals surface area (Å²) >= 11 is 8.68. The number of hydrogen-bond donors (Lipinski definition) is 0. The number of benzene rings is 1. The first kappa shape index (κ1) is 10.8. The van der Waals surface area contributed by atoms with Crippen molar-refractivity contribution in [3.05, 3.63) is 27.4 Å². The van der Waals surface area contributed by atoms with Gasteiger partial charge in [-0.3, -0.25) is 0 Å². The highest BCUT2D eigenvalue weighted by atomic mass is 79.9. The second-order valence-electron chi connectivity index (χ2n) is 2.22. The Labute approximate surface area is 88.7 Å². The van der Waals surface area contributed by atoms with E-state index >= 15 is 0 Å². The third kappa shape index (κ3) is 2.56. The molecule has 0 atom stereocenters. The predicted molar refractivity (Wildman–Crippen MR) is 51.6 cm³/mol. The van der Waals surface area contributed by atoms with Gasteiger partial charge in [0.05, 0.1) is 9.50 Å². The Kier molecular flexibility index (Phi) is 3.96. The molecule has 72 valence electrons. The van der Waals surface area contributed by atoms with Gasteiger partial charge in [0.2, 0.25) is 0 Å². The second-order valence-corrected chi connectivity index (χ2v) is 3.48. The van der Waals surface area contributed by atoms with E-state index in [1.165, 1.54) is 13.2 Å². The van der Waals surface area contributed by atoms with E-state index in [1.807, 2.05) is 0 Å². The zero-order chi connectivity index (χ0) is 9.84. The minimum Gasteiger partial charge on any atom is -0.463 e. The Balaban J connectivity index is 2.96. The number of halogens is 3. The molecule has 0 amide bonds. The van der Waals surface area contributed by atoms with Crippen LogP contribution in [0.4, 0.5) is 4.39 Å². The van der Waals surface area contributed by atoms with E-state index in [9.17, 15) is 4.39 Å². The average Bonchev–Trinajstić information content (AvgIpc) is 2.12. The maximum absolute atomic E-state index is 13.2. The molecular weight excluding hydrogens is 262 g/mol. The molecule has 0 saturated carbocycles. The molecule has 0 saturated heterocycles. The van der Waals surface area contributed by atoms with Gasteiger partial charge < -0.3 is 9.47 Å². The van der Waals surface area contributed by atoms with Gasteiger partial charge in [-0.2, -0.15) is 0 Å². The highest BCUT2D eigenvalue weighted by Gasteiger charge is 2.11. The lowest BCUT2D eigenvalue weighted by Gasteiger charge is -2.08. The SMILES string of the molecule is COCOc1c(Br)ccc(Cl)c1F. The van der Waals surface area contributed by atoms with Crippen molar-refractivity contribution in [2.75, 3.05) is 13.9 Å². The number of hydrogen-bond acceptors (Lipinski definition) is 2. The Morgan fingerprint density at radius 3 is 2.85 bits per heavy atom. The molecule has 0 aliphatic rings. The van der Waals surface area contributed by atoms with Crippen LogP contribution in [0.5, 0.6) is 5.75 Å². The van der Waals surface area contributed by atoms with Crippen molar-refractivity contribution in [3.63, 3.8) is 0 Å². The van der Waals surface area contributed by atoms with Crippen LogP contribution in [0.2, 0.25) is 5.02 Å². The zero-order valence-corrected chi connectivity index (χ0v) is 9.15. The van der Waals surface area contributed by atoms with Crippen molar-refractivity contribution in [1.82, 2.24) is 0 Å². The first-order valence-electron chi connectivity index (χ1n) is 3.42. The van der Waals surface area contributed by atoms with E-state index in [4.69, 9.17) is 16.3 Å². The minimum atomic E-state index is -0.590. The fourth-order valence-corrected chi connectivity index (χ4v) is 1.33. The third-order valence-electron chi connectivity index (χ3n) is 1.32. The number of rotatable bonds is 3. The number of ether oxygens (including phenoxy) is 2. The van der Waals surface area contributed by atoms with Crippen LogP contribution in [0.1, 0.15) is 0 Å². The molecule has 0 N–H and O–H groups in total. The van der Waals surface area contributed by atoms with Gasteiger partial charge >= 0.3 is 0 Å². The lowest BCUT2D eigenvalue weighted by atomic mass is 10.3. The Hall–Kier alpha value is -0.320. The summed E-state index contributed by atoms with van der Waals surface area (Å²) in [6.45, 7) is -0.0180. The summed E-state index contributed by atoms with van der Waals surface area (Å²) in [5, 5.41) is 0.0225. The molecule has 0 unspecified atom stereocenters. The van der Waals surface area contributed by atoms with Gasteiger partial charge in [0, 0.05) is 7.11 Å². The summed E-state index contributed by atoms with van der Waals surface area (Å²) in [5.74, 6) is -0.526. The Morgan fingerprint density at radius 1 is 1.54 bits per heavy atom. The third-order valence-corrected chi connectivity index (χ3v) is 2.24. The van der Waals surface area contributed by atoms with Crippen molar-refractivity contribution in [1.29, 1.82) is 0 Å². The molecule has 13 heavy (non-hydrogen) atoms. The minimum absolute atomic E-state index is 0.0180. The number of methoxy groups -OCH3 is 1. The predicted octanol–water partition coefficient (Wildman–Crippen LogP) is 3.22. The summed E-state index contributed by atoms with van der Waals surface area (Å²) in [6, 6.07) is 3.05. The average molecular weight is 269 g/mol. The molecule has 0 heterocycles. The van der Waals surface area contributed by atoms with Crippen LogP contribution in [0, 0.1) is 5.82 Å². The Morgan fingerprint density at radius 2 is 2.23 bits per heavy atom. The van der Waals surface area contributed by atoms with Gasteiger partial charge in [-0.1, -0.05) is 11.6 Å². The van der Waals surface area contributed by atoms with Crippen molar-refractivity contribution in [3.8, 4) is 5.75 Å². The quantitative estimate of drug-likeness (QED) is 0.619. The summed E-state index contributed by atoms with van der Waals surface area (Å²) in [5.41, 5.74) is 0. The van der Waals surface area contributed by atoms with Crippen LogP contribution < -0.4 is 4.74 Å². The van der Waals surface area contributed by atoms with E-state index in [-0.39, 0.29) is 17.6 Å². The molecule has 0 bridgehead atoms. The monoisotopic (exact) mass is 268 g/mol. The molecule has 1 aromatic rings. The van der Waals surface area contributed by atoms with Gasteiger partial charge in [0.15, 0.2) is 18.4 Å². The first-order chi connectivity index (χ1) is 6.16. The smallest absolute Gasteiger partial charge is 0.188 e. The topological polar surface area (TPSA) is 18.5 Å². The van der Waals surface area contributed by atoms with Gasteiger partial charge in [-0.25, -0.2) is 4.39 Å². The standard InChI is InChI=1S/C8H7BrClFO2/c1-12-4-13-8-5(9)2-3-6(10)7(8)11/h2-3H,4H2,1H3. The fourth-order valence-electron chi connectivity index (χ4n) is 0.759. The molecule has 0 radical (unpaired) electrons. The highest BCUT2D eigenvalue weighted by molar-refractivity contribution is 9.10. The largest absolute Gasteiger partial charge is 0.463 e. The molecule has 5 heteroatoms. The molecule has 0 spiro atoms. The van der Waals surface area contributed by atoms with Crippen molar-refractivity contribution < 1.29 is 13.9 Å². The summed E-state index contributed by atoms with van der Waals surface area (Å²) in [6.07, 6.45) is 0. The zero-order valence-electron chi connectivity index (χ0n) is 6.81. The first-order valence-corrected chi connectivity index (χ1v) is 4.59. The van der Waals surface area contributed by atoms with Crippen LogP contribution in [0.15, 0.2) is 16.6 Å². The van der Waals surface area contributed by atoms with Crippen LogP contribution in [-0.2, 0) is 4.74 Å². The molecule has 0 aliphatic carbocycles. The van der Waals surface area contributed by atoms with Crippen LogP contribution in [-0.4, -0.2) is 13.9 Å². The molecule has 0 fully saturated rings. The molecule has 0 aliphatic heterocycles. The van der Waals surface area contributed by atoms with E-state index in [0.29, 0.717) is 4.47 Å². The molecule has 0 aromatic heterocycles. The molecule has 1 aromatic carbocycles. The van der Waals surface area contributed by atoms with Crippen LogP contribution in [0.25, 0.3) is 0 Å². The second kappa shape index (κ2) is 4.79. The molecule has 2 nitrogen and oxygen atoms in total. The van der Waals surface area contributed by atoms with E-state index in [1.54, 1.807) is 6.07 Å². The van der Waals surface area contributed by atoms with Gasteiger partial charge in [-0.05, 0) is 28.1 Å². The normalized spacial score (nSPS) is 10.2. The lowest BCUT2D eigenvalue weighted by Crippen LogP contribution is -2.01. The van der Waals surface area contributed by atoms with Gasteiger partial charge in [0.25, 0.3) is 0 Å². The molecule has 1 rings (SSSR count). The van der Waals surface area contributed by atoms with Gasteiger partial charge in [0.1, 0.15) is 0 Å². The van der Waals surface area contributed by atoms with Gasteiger partial charge in [-0.15, -0.1) is 0 Å². The van der Waals surface area contributed by atoms with Crippen molar-refractivity contribution in [2.24, 2.45) is 0 Å². The van der Waals surface area contributed by atoms with E-state index in [2.05, 4.69) is 20.7 Å². The van der Waals surface area contributed by atoms with Crippen molar-refractivity contribution in [2.45, 2.75) is 0 Å². The highest BCUT2D eigenvalue weighted by Crippen LogP contribution is 2.32. The Bertz CT molecular complexity index is 306. The van der Waals surface area contributed by atoms with Crippen LogP contribution >= 0.6 is 27.5 Å². The lowest BCUT2D eigenvalue weighted by molar-refractivity contribution is 0.0477. The maximum atomic E-state index is 13.2. The van der Waals surface area contributed by atoms with Crippen LogP contribution in [0.3, 0.4) is 0 Å². The summed E-state index contributed by atoms with van der Waals surface area (Å²) < 4.78 is 23.4.